The van der Waals surface area contributed by atoms with E-state index in [0.717, 1.165) is 11.3 Å². The number of hydrogen-bond acceptors (Lipinski definition) is 4. The van der Waals surface area contributed by atoms with Gasteiger partial charge >= 0.3 is 0 Å². The van der Waals surface area contributed by atoms with Gasteiger partial charge in [0.15, 0.2) is 0 Å². The standard InChI is InChI=1S/C16H18ClN5/c1-10-9-19-15(22-16(2,3)4)21-14(10)20-11-6-7-13(18-5)12(17)8-11/h6-9H,1-4H3,(H2,19,20,21,22). The van der Waals surface area contributed by atoms with Crippen molar-refractivity contribution in [2.75, 3.05) is 10.6 Å². The number of nitrogens with one attached hydrogen (secondary N) is 2. The van der Waals surface area contributed by atoms with E-state index in [0.29, 0.717) is 22.5 Å². The van der Waals surface area contributed by atoms with Crippen molar-refractivity contribution in [2.24, 2.45) is 0 Å². The van der Waals surface area contributed by atoms with E-state index in [1.54, 1.807) is 24.4 Å². The summed E-state index contributed by atoms with van der Waals surface area (Å²) in [7, 11) is 0. The molecule has 1 aromatic heterocycles. The molecule has 2 rings (SSSR count). The van der Waals surface area contributed by atoms with Crippen LogP contribution < -0.4 is 10.6 Å². The molecule has 5 nitrogen and oxygen atoms in total. The molecule has 6 heteroatoms. The average Bonchev–Trinajstić information content (AvgIpc) is 2.41. The molecule has 0 amide bonds. The third kappa shape index (κ3) is 4.09. The maximum absolute atomic E-state index is 7.01. The van der Waals surface area contributed by atoms with Crippen LogP contribution in [0.5, 0.6) is 0 Å². The van der Waals surface area contributed by atoms with E-state index >= 15 is 0 Å². The van der Waals surface area contributed by atoms with Gasteiger partial charge in [0.05, 0.1) is 6.57 Å². The number of hydrogen-bond donors (Lipinski definition) is 2. The summed E-state index contributed by atoms with van der Waals surface area (Å²) in [4.78, 5) is 12.1. The summed E-state index contributed by atoms with van der Waals surface area (Å²) in [6.07, 6.45) is 1.76. The number of aromatic nitrogens is 2. The van der Waals surface area contributed by atoms with Crippen molar-refractivity contribution in [1.29, 1.82) is 0 Å². The smallest absolute Gasteiger partial charge is 0.225 e. The lowest BCUT2D eigenvalue weighted by Crippen LogP contribution is -2.27. The number of benzene rings is 1. The molecule has 0 radical (unpaired) electrons. The fourth-order valence-corrected chi connectivity index (χ4v) is 2.00. The minimum atomic E-state index is -0.118. The van der Waals surface area contributed by atoms with Gasteiger partial charge in [0.1, 0.15) is 5.82 Å². The van der Waals surface area contributed by atoms with Crippen LogP contribution >= 0.6 is 11.6 Å². The van der Waals surface area contributed by atoms with Gasteiger partial charge in [-0.2, -0.15) is 4.98 Å². The zero-order chi connectivity index (χ0) is 16.3. The van der Waals surface area contributed by atoms with Gasteiger partial charge in [-0.3, -0.25) is 0 Å². The topological polar surface area (TPSA) is 54.2 Å². The van der Waals surface area contributed by atoms with E-state index in [9.17, 15) is 0 Å². The first-order valence-electron chi connectivity index (χ1n) is 6.84. The van der Waals surface area contributed by atoms with E-state index < -0.39 is 0 Å². The Morgan fingerprint density at radius 1 is 1.27 bits per heavy atom. The lowest BCUT2D eigenvalue weighted by Gasteiger charge is -2.21. The zero-order valence-corrected chi connectivity index (χ0v) is 13.8. The van der Waals surface area contributed by atoms with Crippen molar-refractivity contribution in [2.45, 2.75) is 33.2 Å². The van der Waals surface area contributed by atoms with Crippen molar-refractivity contribution in [3.05, 3.63) is 46.4 Å². The van der Waals surface area contributed by atoms with E-state index in [-0.39, 0.29) is 5.54 Å². The Labute approximate surface area is 135 Å². The van der Waals surface area contributed by atoms with Crippen LogP contribution in [0.25, 0.3) is 4.85 Å². The Morgan fingerprint density at radius 2 is 2.00 bits per heavy atom. The second-order valence-electron chi connectivity index (χ2n) is 6.00. The van der Waals surface area contributed by atoms with E-state index in [2.05, 4.69) is 25.4 Å². The lowest BCUT2D eigenvalue weighted by molar-refractivity contribution is 0.626. The van der Waals surface area contributed by atoms with Gasteiger partial charge in [-0.1, -0.05) is 17.7 Å². The number of anilines is 3. The second-order valence-corrected chi connectivity index (χ2v) is 6.41. The first kappa shape index (κ1) is 16.1. The quantitative estimate of drug-likeness (QED) is 0.787. The number of nitrogens with zero attached hydrogens (tertiary/aromatic N) is 3. The van der Waals surface area contributed by atoms with Crippen LogP contribution in [0, 0.1) is 13.5 Å². The van der Waals surface area contributed by atoms with Gasteiger partial charge in [-0.15, -0.1) is 0 Å². The molecule has 0 saturated carbocycles. The van der Waals surface area contributed by atoms with Gasteiger partial charge in [-0.25, -0.2) is 9.83 Å². The lowest BCUT2D eigenvalue weighted by atomic mass is 10.1. The van der Waals surface area contributed by atoms with Gasteiger partial charge in [0.2, 0.25) is 11.6 Å². The fraction of sp³-hybridized carbons (Fsp3) is 0.312. The molecule has 2 aromatic rings. The molecule has 0 aliphatic rings. The third-order valence-electron chi connectivity index (χ3n) is 2.79. The average molecular weight is 316 g/mol. The van der Waals surface area contributed by atoms with Crippen LogP contribution in [0.4, 0.5) is 23.1 Å². The van der Waals surface area contributed by atoms with Crippen LogP contribution in [-0.4, -0.2) is 15.5 Å². The molecule has 1 aromatic carbocycles. The minimum Gasteiger partial charge on any atom is -0.350 e. The molecule has 0 bridgehead atoms. The molecule has 0 aliphatic heterocycles. The highest BCUT2D eigenvalue weighted by molar-refractivity contribution is 6.33. The second kappa shape index (κ2) is 6.20. The number of rotatable bonds is 3. The Balaban J connectivity index is 2.27. The molecule has 22 heavy (non-hydrogen) atoms. The first-order valence-corrected chi connectivity index (χ1v) is 7.22. The Bertz CT molecular complexity index is 728. The van der Waals surface area contributed by atoms with Gasteiger partial charge in [0, 0.05) is 28.0 Å². The molecule has 0 saturated heterocycles. The zero-order valence-electron chi connectivity index (χ0n) is 13.0. The van der Waals surface area contributed by atoms with Crippen molar-refractivity contribution in [3.8, 4) is 0 Å². The Hall–Kier alpha value is -2.32. The van der Waals surface area contributed by atoms with Crippen LogP contribution in [0.2, 0.25) is 5.02 Å². The van der Waals surface area contributed by atoms with Gasteiger partial charge < -0.3 is 10.6 Å². The molecular formula is C16H18ClN5. The summed E-state index contributed by atoms with van der Waals surface area (Å²) in [6.45, 7) is 15.1. The van der Waals surface area contributed by atoms with Crippen molar-refractivity contribution in [1.82, 2.24) is 9.97 Å². The Morgan fingerprint density at radius 3 is 2.59 bits per heavy atom. The highest BCUT2D eigenvalue weighted by Gasteiger charge is 2.12. The molecular weight excluding hydrogens is 298 g/mol. The number of halogens is 1. The Kier molecular flexibility index (Phi) is 4.53. The summed E-state index contributed by atoms with van der Waals surface area (Å²) < 4.78 is 0. The first-order chi connectivity index (χ1) is 10.3. The highest BCUT2D eigenvalue weighted by atomic mass is 35.5. The summed E-state index contributed by atoms with van der Waals surface area (Å²) in [5.41, 5.74) is 2.01. The summed E-state index contributed by atoms with van der Waals surface area (Å²) in [5.74, 6) is 1.26. The molecule has 2 N–H and O–H groups in total. The summed E-state index contributed by atoms with van der Waals surface area (Å²) in [6, 6.07) is 5.20. The molecule has 114 valence electrons. The molecule has 0 fully saturated rings. The summed E-state index contributed by atoms with van der Waals surface area (Å²) in [5, 5.41) is 6.86. The molecule has 0 unspecified atom stereocenters. The monoisotopic (exact) mass is 315 g/mol. The third-order valence-corrected chi connectivity index (χ3v) is 3.09. The minimum absolute atomic E-state index is 0.118. The van der Waals surface area contributed by atoms with Crippen molar-refractivity contribution in [3.63, 3.8) is 0 Å². The maximum atomic E-state index is 7.01. The molecule has 0 aliphatic carbocycles. The van der Waals surface area contributed by atoms with E-state index in [4.69, 9.17) is 18.2 Å². The van der Waals surface area contributed by atoms with Gasteiger partial charge in [-0.05, 0) is 39.8 Å². The highest BCUT2D eigenvalue weighted by Crippen LogP contribution is 2.29. The summed E-state index contributed by atoms with van der Waals surface area (Å²) >= 11 is 6.06. The fourth-order valence-electron chi connectivity index (χ4n) is 1.78. The van der Waals surface area contributed by atoms with Crippen LogP contribution in [0.1, 0.15) is 26.3 Å². The maximum Gasteiger partial charge on any atom is 0.225 e. The van der Waals surface area contributed by atoms with E-state index in [1.165, 1.54) is 0 Å². The van der Waals surface area contributed by atoms with Crippen LogP contribution in [-0.2, 0) is 0 Å². The molecule has 1 heterocycles. The molecule has 0 atom stereocenters. The number of aryl methyl sites for hydroxylation is 1. The van der Waals surface area contributed by atoms with E-state index in [1.807, 2.05) is 27.7 Å². The van der Waals surface area contributed by atoms with Crippen LogP contribution in [0.3, 0.4) is 0 Å². The SMILES string of the molecule is [C-]#[N+]c1ccc(Nc2nc(NC(C)(C)C)ncc2C)cc1Cl. The predicted molar refractivity (Wildman–Crippen MR) is 91.1 cm³/mol. The van der Waals surface area contributed by atoms with Crippen molar-refractivity contribution >= 4 is 34.7 Å². The predicted octanol–water partition coefficient (Wildman–Crippen LogP) is 4.94. The van der Waals surface area contributed by atoms with Gasteiger partial charge in [0.25, 0.3) is 0 Å². The largest absolute Gasteiger partial charge is 0.350 e. The van der Waals surface area contributed by atoms with Crippen LogP contribution in [0.15, 0.2) is 24.4 Å². The van der Waals surface area contributed by atoms with Crippen molar-refractivity contribution < 1.29 is 0 Å². The molecule has 0 spiro atoms. The normalized spacial score (nSPS) is 10.9.